The van der Waals surface area contributed by atoms with Gasteiger partial charge in [0.2, 0.25) is 0 Å². The van der Waals surface area contributed by atoms with Crippen molar-refractivity contribution in [3.63, 3.8) is 0 Å². The van der Waals surface area contributed by atoms with Crippen LogP contribution in [0.2, 0.25) is 5.02 Å². The van der Waals surface area contributed by atoms with Crippen molar-refractivity contribution >= 4 is 28.8 Å². The number of nitrogens with one attached hydrogen (secondary N) is 1. The molecule has 128 valence electrons. The summed E-state index contributed by atoms with van der Waals surface area (Å²) in [5.41, 5.74) is 0.472. The Morgan fingerprint density at radius 1 is 1.04 bits per heavy atom. The Balaban J connectivity index is 1.94. The maximum Gasteiger partial charge on any atom is 0.253 e. The van der Waals surface area contributed by atoms with Crippen molar-refractivity contribution in [1.29, 1.82) is 0 Å². The molecule has 1 unspecified atom stereocenters. The molecule has 2 nitrogen and oxygen atoms in total. The van der Waals surface area contributed by atoms with Gasteiger partial charge in [-0.1, -0.05) is 29.8 Å². The van der Waals surface area contributed by atoms with Crippen molar-refractivity contribution < 1.29 is 18.0 Å². The topological polar surface area (TPSA) is 29.1 Å². The number of hydrogen-bond acceptors (Lipinski definition) is 2. The minimum Gasteiger partial charge on any atom is -0.340 e. The molecular weight excluding hydrogens is 371 g/mol. The van der Waals surface area contributed by atoms with Gasteiger partial charge < -0.3 is 5.32 Å². The molecule has 1 aromatic heterocycles. The average Bonchev–Trinajstić information content (AvgIpc) is 3.11. The van der Waals surface area contributed by atoms with Crippen LogP contribution in [0.4, 0.5) is 13.2 Å². The van der Waals surface area contributed by atoms with Gasteiger partial charge in [-0.2, -0.15) is 0 Å². The summed E-state index contributed by atoms with van der Waals surface area (Å²) in [5, 5.41) is 4.38. The van der Waals surface area contributed by atoms with Gasteiger partial charge >= 0.3 is 0 Å². The van der Waals surface area contributed by atoms with Crippen LogP contribution in [0, 0.1) is 17.5 Å². The molecule has 25 heavy (non-hydrogen) atoms. The molecule has 0 saturated carbocycles. The summed E-state index contributed by atoms with van der Waals surface area (Å²) in [7, 11) is 0. The Morgan fingerprint density at radius 2 is 1.72 bits per heavy atom. The summed E-state index contributed by atoms with van der Waals surface area (Å²) >= 11 is 7.26. The van der Waals surface area contributed by atoms with Crippen LogP contribution in [0.5, 0.6) is 0 Å². The fourth-order valence-electron chi connectivity index (χ4n) is 2.33. The Kier molecular flexibility index (Phi) is 5.11. The van der Waals surface area contributed by atoms with E-state index in [4.69, 9.17) is 11.6 Å². The second-order valence-corrected chi connectivity index (χ2v) is 6.61. The van der Waals surface area contributed by atoms with Crippen molar-refractivity contribution in [2.24, 2.45) is 0 Å². The molecular formula is C18H11ClF3NOS. The Hall–Kier alpha value is -2.31. The van der Waals surface area contributed by atoms with Crippen LogP contribution in [0.15, 0.2) is 53.9 Å². The molecule has 3 rings (SSSR count). The Labute approximate surface area is 150 Å². The minimum absolute atomic E-state index is 0.177. The highest BCUT2D eigenvalue weighted by molar-refractivity contribution is 7.10. The Bertz CT molecular complexity index is 897. The van der Waals surface area contributed by atoms with Crippen LogP contribution in [-0.4, -0.2) is 5.91 Å². The van der Waals surface area contributed by atoms with Crippen molar-refractivity contribution in [2.75, 3.05) is 0 Å². The van der Waals surface area contributed by atoms with Gasteiger partial charge in [0.15, 0.2) is 11.6 Å². The number of carbonyl (C=O) groups excluding carboxylic acids is 1. The van der Waals surface area contributed by atoms with Gasteiger partial charge in [0.1, 0.15) is 5.82 Å². The van der Waals surface area contributed by atoms with E-state index in [-0.39, 0.29) is 10.6 Å². The molecule has 3 aromatic rings. The van der Waals surface area contributed by atoms with Crippen molar-refractivity contribution in [2.45, 2.75) is 6.04 Å². The van der Waals surface area contributed by atoms with Crippen LogP contribution in [0.25, 0.3) is 0 Å². The van der Waals surface area contributed by atoms with E-state index in [2.05, 4.69) is 5.32 Å². The third-order valence-electron chi connectivity index (χ3n) is 3.56. The minimum atomic E-state index is -1.16. The van der Waals surface area contributed by atoms with E-state index in [1.165, 1.54) is 23.5 Å². The van der Waals surface area contributed by atoms with Gasteiger partial charge in [-0.15, -0.1) is 11.3 Å². The number of hydrogen-bond donors (Lipinski definition) is 1. The monoisotopic (exact) mass is 381 g/mol. The largest absolute Gasteiger partial charge is 0.340 e. The molecule has 7 heteroatoms. The molecule has 1 amide bonds. The molecule has 0 bridgehead atoms. The first-order valence-corrected chi connectivity index (χ1v) is 8.45. The van der Waals surface area contributed by atoms with Crippen LogP contribution in [0.1, 0.15) is 26.8 Å². The number of thiophene rings is 1. The number of amides is 1. The molecule has 0 spiro atoms. The van der Waals surface area contributed by atoms with E-state index in [0.29, 0.717) is 5.56 Å². The first-order valence-electron chi connectivity index (χ1n) is 7.20. The molecule has 0 aliphatic heterocycles. The van der Waals surface area contributed by atoms with Crippen LogP contribution in [-0.2, 0) is 0 Å². The van der Waals surface area contributed by atoms with E-state index in [0.717, 1.165) is 17.0 Å². The van der Waals surface area contributed by atoms with Gasteiger partial charge in [0.25, 0.3) is 5.91 Å². The molecule has 0 aliphatic carbocycles. The zero-order chi connectivity index (χ0) is 18.0. The SMILES string of the molecule is O=C(NC(c1ccc(F)cc1)c1cccs1)c1cc(F)c(F)cc1Cl. The second-order valence-electron chi connectivity index (χ2n) is 5.22. The van der Waals surface area contributed by atoms with Gasteiger partial charge in [-0.25, -0.2) is 13.2 Å². The van der Waals surface area contributed by atoms with Gasteiger partial charge in [-0.3, -0.25) is 4.79 Å². The predicted molar refractivity (Wildman–Crippen MR) is 91.4 cm³/mol. The van der Waals surface area contributed by atoms with Crippen LogP contribution < -0.4 is 5.32 Å². The number of halogens is 4. The van der Waals surface area contributed by atoms with E-state index in [1.807, 2.05) is 17.5 Å². The number of benzene rings is 2. The van der Waals surface area contributed by atoms with Gasteiger partial charge in [0, 0.05) is 4.88 Å². The molecule has 0 aliphatic rings. The molecule has 0 fully saturated rings. The predicted octanol–water partition coefficient (Wildman–Crippen LogP) is 5.34. The zero-order valence-corrected chi connectivity index (χ0v) is 14.2. The van der Waals surface area contributed by atoms with Gasteiger partial charge in [-0.05, 0) is 41.3 Å². The lowest BCUT2D eigenvalue weighted by Gasteiger charge is -2.18. The summed E-state index contributed by atoms with van der Waals surface area (Å²) in [6.07, 6.45) is 0. The Morgan fingerprint density at radius 3 is 2.36 bits per heavy atom. The van der Waals surface area contributed by atoms with E-state index in [1.54, 1.807) is 12.1 Å². The fourth-order valence-corrected chi connectivity index (χ4v) is 3.37. The first-order chi connectivity index (χ1) is 12.0. The highest BCUT2D eigenvalue weighted by atomic mass is 35.5. The molecule has 1 heterocycles. The van der Waals surface area contributed by atoms with Gasteiger partial charge in [0.05, 0.1) is 16.6 Å². The third-order valence-corrected chi connectivity index (χ3v) is 4.81. The first kappa shape index (κ1) is 17.5. The quantitative estimate of drug-likeness (QED) is 0.607. The smallest absolute Gasteiger partial charge is 0.253 e. The fraction of sp³-hybridized carbons (Fsp3) is 0.0556. The molecule has 0 radical (unpaired) electrons. The molecule has 2 aromatic carbocycles. The van der Waals surface area contributed by atoms with E-state index < -0.39 is 29.4 Å². The van der Waals surface area contributed by atoms with Crippen molar-refractivity contribution in [3.05, 3.63) is 92.4 Å². The van der Waals surface area contributed by atoms with E-state index in [9.17, 15) is 18.0 Å². The van der Waals surface area contributed by atoms with E-state index >= 15 is 0 Å². The zero-order valence-electron chi connectivity index (χ0n) is 12.6. The second kappa shape index (κ2) is 7.29. The number of carbonyl (C=O) groups is 1. The summed E-state index contributed by atoms with van der Waals surface area (Å²) in [6, 6.07) is 10.2. The normalized spacial score (nSPS) is 12.0. The molecule has 0 saturated heterocycles. The number of rotatable bonds is 4. The molecule has 1 N–H and O–H groups in total. The highest BCUT2D eigenvalue weighted by Gasteiger charge is 2.21. The summed E-state index contributed by atoms with van der Waals surface area (Å²) in [6.45, 7) is 0. The highest BCUT2D eigenvalue weighted by Crippen LogP contribution is 2.28. The van der Waals surface area contributed by atoms with Crippen LogP contribution in [0.3, 0.4) is 0 Å². The maximum absolute atomic E-state index is 13.4. The lowest BCUT2D eigenvalue weighted by atomic mass is 10.0. The lowest BCUT2D eigenvalue weighted by Crippen LogP contribution is -2.29. The van der Waals surface area contributed by atoms with Crippen LogP contribution >= 0.6 is 22.9 Å². The summed E-state index contributed by atoms with van der Waals surface area (Å²) in [5.74, 6) is -3.35. The molecule has 1 atom stereocenters. The van der Waals surface area contributed by atoms with Crippen molar-refractivity contribution in [1.82, 2.24) is 5.32 Å². The lowest BCUT2D eigenvalue weighted by molar-refractivity contribution is 0.0943. The average molecular weight is 382 g/mol. The van der Waals surface area contributed by atoms with Crippen molar-refractivity contribution in [3.8, 4) is 0 Å². The maximum atomic E-state index is 13.4. The summed E-state index contributed by atoms with van der Waals surface area (Å²) < 4.78 is 39.8. The third kappa shape index (κ3) is 3.86. The summed E-state index contributed by atoms with van der Waals surface area (Å²) in [4.78, 5) is 13.3. The standard InChI is InChI=1S/C18H11ClF3NOS/c19-13-9-15(22)14(21)8-12(13)18(24)23-17(16-2-1-7-25-16)10-3-5-11(20)6-4-10/h1-9,17H,(H,23,24).